The lowest BCUT2D eigenvalue weighted by Gasteiger charge is -2.07. The molecular weight excluding hydrogens is 262 g/mol. The molecule has 0 radical (unpaired) electrons. The summed E-state index contributed by atoms with van der Waals surface area (Å²) >= 11 is 0. The number of carbonyl (C=O) groups excluding carboxylic acids is 1. The third kappa shape index (κ3) is 2.37. The molecule has 0 fully saturated rings. The van der Waals surface area contributed by atoms with Crippen LogP contribution in [0.5, 0.6) is 0 Å². The molecule has 2 rings (SSSR count). The fraction of sp³-hybridized carbons (Fsp3) is 0.231. The van der Waals surface area contributed by atoms with Gasteiger partial charge in [-0.25, -0.2) is 9.48 Å². The van der Waals surface area contributed by atoms with Crippen LogP contribution in [0.3, 0.4) is 0 Å². The minimum absolute atomic E-state index is 0.121. The first-order valence-electron chi connectivity index (χ1n) is 5.84. The van der Waals surface area contributed by atoms with Crippen molar-refractivity contribution in [3.05, 3.63) is 51.3 Å². The van der Waals surface area contributed by atoms with Crippen LogP contribution in [0.4, 0.5) is 5.69 Å². The monoisotopic (exact) mass is 275 g/mol. The summed E-state index contributed by atoms with van der Waals surface area (Å²) in [5.74, 6) is -0.553. The van der Waals surface area contributed by atoms with Crippen molar-refractivity contribution in [2.24, 2.45) is 0 Å². The van der Waals surface area contributed by atoms with E-state index in [-0.39, 0.29) is 16.9 Å². The summed E-state index contributed by atoms with van der Waals surface area (Å²) in [5, 5.41) is 15.3. The number of nitrogens with zero attached hydrogens (tertiary/aromatic N) is 3. The Bertz CT molecular complexity index is 691. The Balaban J connectivity index is 2.67. The van der Waals surface area contributed by atoms with E-state index in [0.29, 0.717) is 0 Å². The number of nitro benzene ring substituents is 1. The summed E-state index contributed by atoms with van der Waals surface area (Å²) < 4.78 is 6.07. The standard InChI is InChI=1S/C13H13N3O4/c1-8-6-9(2)15(14-8)12-7-10(13(17)20-3)4-5-11(12)16(18)19/h4-7H,1-3H3. The topological polar surface area (TPSA) is 87.3 Å². The van der Waals surface area contributed by atoms with Crippen molar-refractivity contribution >= 4 is 11.7 Å². The first-order valence-corrected chi connectivity index (χ1v) is 5.84. The summed E-state index contributed by atoms with van der Waals surface area (Å²) in [6, 6.07) is 5.84. The van der Waals surface area contributed by atoms with Crippen molar-refractivity contribution < 1.29 is 14.5 Å². The highest BCUT2D eigenvalue weighted by Gasteiger charge is 2.20. The molecule has 0 bridgehead atoms. The van der Waals surface area contributed by atoms with Gasteiger partial charge in [-0.1, -0.05) is 0 Å². The van der Waals surface area contributed by atoms with E-state index in [4.69, 9.17) is 0 Å². The van der Waals surface area contributed by atoms with Crippen LogP contribution in [-0.2, 0) is 4.74 Å². The zero-order valence-corrected chi connectivity index (χ0v) is 11.3. The molecule has 20 heavy (non-hydrogen) atoms. The minimum Gasteiger partial charge on any atom is -0.465 e. The molecule has 0 atom stereocenters. The molecule has 0 unspecified atom stereocenters. The maximum Gasteiger partial charge on any atom is 0.337 e. The van der Waals surface area contributed by atoms with E-state index in [0.717, 1.165) is 11.4 Å². The van der Waals surface area contributed by atoms with Crippen molar-refractivity contribution in [2.45, 2.75) is 13.8 Å². The fourth-order valence-electron chi connectivity index (χ4n) is 1.97. The number of hydrogen-bond acceptors (Lipinski definition) is 5. The van der Waals surface area contributed by atoms with Crippen LogP contribution in [-0.4, -0.2) is 27.8 Å². The van der Waals surface area contributed by atoms with Crippen molar-refractivity contribution in [2.75, 3.05) is 7.11 Å². The van der Waals surface area contributed by atoms with Crippen LogP contribution < -0.4 is 0 Å². The summed E-state index contributed by atoms with van der Waals surface area (Å²) in [6.45, 7) is 3.58. The molecule has 1 heterocycles. The van der Waals surface area contributed by atoms with Gasteiger partial charge in [0, 0.05) is 11.8 Å². The number of ether oxygens (including phenoxy) is 1. The third-order valence-electron chi connectivity index (χ3n) is 2.83. The van der Waals surface area contributed by atoms with Gasteiger partial charge in [-0.15, -0.1) is 0 Å². The smallest absolute Gasteiger partial charge is 0.337 e. The Morgan fingerprint density at radius 1 is 1.35 bits per heavy atom. The van der Waals surface area contributed by atoms with Crippen molar-refractivity contribution in [1.29, 1.82) is 0 Å². The molecule has 7 nitrogen and oxygen atoms in total. The van der Waals surface area contributed by atoms with Gasteiger partial charge >= 0.3 is 5.97 Å². The number of rotatable bonds is 3. The zero-order chi connectivity index (χ0) is 14.9. The van der Waals surface area contributed by atoms with E-state index in [9.17, 15) is 14.9 Å². The van der Waals surface area contributed by atoms with Crippen LogP contribution in [0.15, 0.2) is 24.3 Å². The second-order valence-electron chi connectivity index (χ2n) is 4.29. The molecule has 0 amide bonds. The van der Waals surface area contributed by atoms with Gasteiger partial charge in [-0.2, -0.15) is 5.10 Å². The minimum atomic E-state index is -0.553. The van der Waals surface area contributed by atoms with Gasteiger partial charge in [0.1, 0.15) is 5.69 Å². The lowest BCUT2D eigenvalue weighted by atomic mass is 10.1. The second-order valence-corrected chi connectivity index (χ2v) is 4.29. The number of esters is 1. The number of aromatic nitrogens is 2. The molecule has 0 spiro atoms. The fourth-order valence-corrected chi connectivity index (χ4v) is 1.97. The molecule has 104 valence electrons. The SMILES string of the molecule is COC(=O)c1ccc([N+](=O)[O-])c(-n2nc(C)cc2C)c1. The molecule has 0 saturated carbocycles. The highest BCUT2D eigenvalue weighted by Crippen LogP contribution is 2.25. The largest absolute Gasteiger partial charge is 0.465 e. The van der Waals surface area contributed by atoms with Gasteiger partial charge in [0.05, 0.1) is 23.3 Å². The number of aryl methyl sites for hydroxylation is 2. The van der Waals surface area contributed by atoms with Gasteiger partial charge in [-0.3, -0.25) is 10.1 Å². The summed E-state index contributed by atoms with van der Waals surface area (Å²) in [6.07, 6.45) is 0. The first kappa shape index (κ1) is 13.7. The number of carbonyl (C=O) groups is 1. The third-order valence-corrected chi connectivity index (χ3v) is 2.83. The average Bonchev–Trinajstić information content (AvgIpc) is 2.75. The van der Waals surface area contributed by atoms with Gasteiger partial charge in [-0.05, 0) is 32.0 Å². The first-order chi connectivity index (χ1) is 9.43. The predicted molar refractivity (Wildman–Crippen MR) is 71.0 cm³/mol. The highest BCUT2D eigenvalue weighted by molar-refractivity contribution is 5.90. The van der Waals surface area contributed by atoms with Gasteiger partial charge in [0.15, 0.2) is 0 Å². The lowest BCUT2D eigenvalue weighted by molar-refractivity contribution is -0.384. The van der Waals surface area contributed by atoms with Gasteiger partial charge in [0.25, 0.3) is 5.69 Å². The van der Waals surface area contributed by atoms with Crippen LogP contribution >= 0.6 is 0 Å². The maximum atomic E-state index is 11.5. The Hall–Kier alpha value is -2.70. The molecule has 2 aromatic rings. The van der Waals surface area contributed by atoms with E-state index < -0.39 is 10.9 Å². The Morgan fingerprint density at radius 3 is 2.55 bits per heavy atom. The van der Waals surface area contributed by atoms with Crippen molar-refractivity contribution in [3.8, 4) is 5.69 Å². The number of methoxy groups -OCH3 is 1. The molecule has 0 saturated heterocycles. The quantitative estimate of drug-likeness (QED) is 0.486. The van der Waals surface area contributed by atoms with Crippen molar-refractivity contribution in [3.63, 3.8) is 0 Å². The van der Waals surface area contributed by atoms with Gasteiger partial charge in [0.2, 0.25) is 0 Å². The van der Waals surface area contributed by atoms with E-state index >= 15 is 0 Å². The lowest BCUT2D eigenvalue weighted by Crippen LogP contribution is -2.07. The van der Waals surface area contributed by atoms with Crippen LogP contribution in [0.2, 0.25) is 0 Å². The molecule has 0 aliphatic heterocycles. The van der Waals surface area contributed by atoms with E-state index in [1.54, 1.807) is 19.9 Å². The van der Waals surface area contributed by atoms with Crippen LogP contribution in [0.25, 0.3) is 5.69 Å². The number of nitro groups is 1. The van der Waals surface area contributed by atoms with Crippen molar-refractivity contribution in [1.82, 2.24) is 9.78 Å². The molecule has 1 aromatic heterocycles. The number of hydrogen-bond donors (Lipinski definition) is 0. The van der Waals surface area contributed by atoms with Gasteiger partial charge < -0.3 is 4.74 Å². The molecule has 0 aliphatic rings. The summed E-state index contributed by atoms with van der Waals surface area (Å²) in [5.41, 5.74) is 1.83. The van der Waals surface area contributed by atoms with E-state index in [1.165, 1.54) is 30.0 Å². The van der Waals surface area contributed by atoms with E-state index in [2.05, 4.69) is 9.84 Å². The van der Waals surface area contributed by atoms with Crippen LogP contribution in [0.1, 0.15) is 21.7 Å². The molecular formula is C13H13N3O4. The zero-order valence-electron chi connectivity index (χ0n) is 11.3. The van der Waals surface area contributed by atoms with E-state index in [1.807, 2.05) is 0 Å². The number of benzene rings is 1. The Labute approximate surface area is 114 Å². The second kappa shape index (κ2) is 5.12. The highest BCUT2D eigenvalue weighted by atomic mass is 16.6. The molecule has 7 heteroatoms. The Kier molecular flexibility index (Phi) is 3.51. The maximum absolute atomic E-state index is 11.5. The summed E-state index contributed by atoms with van der Waals surface area (Å²) in [7, 11) is 1.26. The predicted octanol–water partition coefficient (Wildman–Crippen LogP) is 2.18. The average molecular weight is 275 g/mol. The molecule has 0 aliphatic carbocycles. The molecule has 0 N–H and O–H groups in total. The normalized spacial score (nSPS) is 10.3. The van der Waals surface area contributed by atoms with Crippen LogP contribution in [0, 0.1) is 24.0 Å². The summed E-state index contributed by atoms with van der Waals surface area (Å²) in [4.78, 5) is 22.2. The Morgan fingerprint density at radius 2 is 2.05 bits per heavy atom. The molecule has 1 aromatic carbocycles.